The number of hydrogen-bond acceptors (Lipinski definition) is 4. The number of piperidine rings is 1. The molecule has 0 unspecified atom stereocenters. The maximum absolute atomic E-state index is 12.6. The van der Waals surface area contributed by atoms with Crippen LogP contribution in [0.4, 0.5) is 5.69 Å². The summed E-state index contributed by atoms with van der Waals surface area (Å²) in [7, 11) is 0. The van der Waals surface area contributed by atoms with Gasteiger partial charge in [-0.05, 0) is 45.0 Å². The summed E-state index contributed by atoms with van der Waals surface area (Å²) in [5, 5.41) is 2.94. The molecule has 1 aromatic rings. The molecule has 0 saturated carbocycles. The van der Waals surface area contributed by atoms with Gasteiger partial charge in [0.15, 0.2) is 0 Å². The zero-order valence-electron chi connectivity index (χ0n) is 14.9. The normalized spacial score (nSPS) is 19.6. The second-order valence-corrected chi connectivity index (χ2v) is 8.13. The van der Waals surface area contributed by atoms with E-state index < -0.39 is 0 Å². The van der Waals surface area contributed by atoms with E-state index in [1.54, 1.807) is 0 Å². The highest BCUT2D eigenvalue weighted by molar-refractivity contribution is 7.99. The second kappa shape index (κ2) is 8.72. The maximum Gasteiger partial charge on any atom is 0.238 e. The third-order valence-electron chi connectivity index (χ3n) is 4.96. The van der Waals surface area contributed by atoms with E-state index in [2.05, 4.69) is 10.2 Å². The Morgan fingerprint density at radius 3 is 2.36 bits per heavy atom. The van der Waals surface area contributed by atoms with Crippen LogP contribution in [0.2, 0.25) is 0 Å². The van der Waals surface area contributed by atoms with Crippen molar-refractivity contribution in [2.45, 2.75) is 19.8 Å². The highest BCUT2D eigenvalue weighted by Crippen LogP contribution is 2.21. The van der Waals surface area contributed by atoms with Gasteiger partial charge in [0.05, 0.1) is 6.54 Å². The highest BCUT2D eigenvalue weighted by Gasteiger charge is 2.29. The van der Waals surface area contributed by atoms with E-state index in [0.29, 0.717) is 12.5 Å². The number of nitrogens with zero attached hydrogens (tertiary/aromatic N) is 2. The van der Waals surface area contributed by atoms with Gasteiger partial charge < -0.3 is 10.2 Å². The first-order valence-electron chi connectivity index (χ1n) is 9.07. The van der Waals surface area contributed by atoms with E-state index in [4.69, 9.17) is 0 Å². The molecule has 2 saturated heterocycles. The monoisotopic (exact) mass is 361 g/mol. The van der Waals surface area contributed by atoms with Crippen LogP contribution in [0.25, 0.3) is 0 Å². The predicted molar refractivity (Wildman–Crippen MR) is 103 cm³/mol. The number of rotatable bonds is 4. The van der Waals surface area contributed by atoms with Crippen LogP contribution in [0.15, 0.2) is 24.3 Å². The number of nitrogens with one attached hydrogen (secondary N) is 1. The van der Waals surface area contributed by atoms with Crippen LogP contribution in [0.5, 0.6) is 0 Å². The molecule has 2 aliphatic heterocycles. The van der Waals surface area contributed by atoms with Gasteiger partial charge in [0.25, 0.3) is 0 Å². The number of anilines is 1. The van der Waals surface area contributed by atoms with Crippen LogP contribution >= 0.6 is 11.8 Å². The van der Waals surface area contributed by atoms with Crippen molar-refractivity contribution >= 4 is 29.3 Å². The third kappa shape index (κ3) is 5.22. The molecule has 0 spiro atoms. The molecule has 0 aliphatic carbocycles. The molecule has 2 fully saturated rings. The molecule has 136 valence electrons. The molecule has 5 nitrogen and oxygen atoms in total. The Bertz CT molecular complexity index is 591. The molecular weight excluding hydrogens is 334 g/mol. The lowest BCUT2D eigenvalue weighted by molar-refractivity contribution is -0.136. The minimum absolute atomic E-state index is 0.0154. The van der Waals surface area contributed by atoms with Crippen LogP contribution in [-0.2, 0) is 9.59 Å². The molecule has 25 heavy (non-hydrogen) atoms. The van der Waals surface area contributed by atoms with E-state index >= 15 is 0 Å². The molecule has 0 radical (unpaired) electrons. The number of thioether (sulfide) groups is 1. The maximum atomic E-state index is 12.6. The van der Waals surface area contributed by atoms with Crippen LogP contribution in [0.3, 0.4) is 0 Å². The first-order chi connectivity index (χ1) is 12.1. The summed E-state index contributed by atoms with van der Waals surface area (Å²) < 4.78 is 0. The number of likely N-dealkylation sites (tertiary alicyclic amines) is 1. The topological polar surface area (TPSA) is 52.7 Å². The number of aryl methyl sites for hydroxylation is 1. The van der Waals surface area contributed by atoms with Gasteiger partial charge >= 0.3 is 0 Å². The van der Waals surface area contributed by atoms with Crippen LogP contribution in [-0.4, -0.2) is 65.8 Å². The van der Waals surface area contributed by atoms with E-state index in [0.717, 1.165) is 56.2 Å². The number of carbonyl (C=O) groups excluding carboxylic acids is 2. The lowest BCUT2D eigenvalue weighted by Crippen LogP contribution is -2.46. The highest BCUT2D eigenvalue weighted by atomic mass is 32.2. The summed E-state index contributed by atoms with van der Waals surface area (Å²) >= 11 is 1.92. The average Bonchev–Trinajstić information content (AvgIpc) is 2.64. The minimum atomic E-state index is 0.0154. The predicted octanol–water partition coefficient (Wildman–Crippen LogP) is 2.22. The molecule has 6 heteroatoms. The molecular formula is C19H27N3O2S. The van der Waals surface area contributed by atoms with Gasteiger partial charge in [-0.1, -0.05) is 17.7 Å². The smallest absolute Gasteiger partial charge is 0.238 e. The van der Waals surface area contributed by atoms with Crippen LogP contribution in [0, 0.1) is 12.8 Å². The average molecular weight is 362 g/mol. The lowest BCUT2D eigenvalue weighted by atomic mass is 9.95. The zero-order valence-corrected chi connectivity index (χ0v) is 15.7. The fraction of sp³-hybridized carbons (Fsp3) is 0.579. The lowest BCUT2D eigenvalue weighted by Gasteiger charge is -2.35. The van der Waals surface area contributed by atoms with Crippen molar-refractivity contribution < 1.29 is 9.59 Å². The van der Waals surface area contributed by atoms with Crippen molar-refractivity contribution in [1.82, 2.24) is 9.80 Å². The Morgan fingerprint density at radius 1 is 1.08 bits per heavy atom. The number of benzene rings is 1. The van der Waals surface area contributed by atoms with E-state index in [-0.39, 0.29) is 11.8 Å². The summed E-state index contributed by atoms with van der Waals surface area (Å²) in [4.78, 5) is 28.9. The number of amides is 2. The molecule has 2 aliphatic rings. The Hall–Kier alpha value is -1.53. The fourth-order valence-electron chi connectivity index (χ4n) is 3.42. The Labute approximate surface area is 154 Å². The van der Waals surface area contributed by atoms with Crippen molar-refractivity contribution in [1.29, 1.82) is 0 Å². The van der Waals surface area contributed by atoms with Gasteiger partial charge in [0.1, 0.15) is 0 Å². The van der Waals surface area contributed by atoms with Crippen molar-refractivity contribution in [3.05, 3.63) is 29.8 Å². The van der Waals surface area contributed by atoms with E-state index in [9.17, 15) is 9.59 Å². The zero-order chi connectivity index (χ0) is 17.6. The fourth-order valence-corrected chi connectivity index (χ4v) is 4.32. The molecule has 0 atom stereocenters. The SMILES string of the molecule is Cc1ccc(NC(=O)CN2CCC(C(=O)N3CCSCC3)CC2)cc1. The van der Waals surface area contributed by atoms with Gasteiger partial charge in [-0.25, -0.2) is 0 Å². The van der Waals surface area contributed by atoms with Gasteiger partial charge in [0.2, 0.25) is 11.8 Å². The van der Waals surface area contributed by atoms with Gasteiger partial charge in [-0.2, -0.15) is 11.8 Å². The molecule has 2 amide bonds. The molecule has 1 aromatic carbocycles. The van der Waals surface area contributed by atoms with Gasteiger partial charge in [0, 0.05) is 36.2 Å². The Balaban J connectivity index is 1.41. The number of carbonyl (C=O) groups is 2. The molecule has 3 rings (SSSR count). The van der Waals surface area contributed by atoms with Gasteiger partial charge in [-0.3, -0.25) is 14.5 Å². The largest absolute Gasteiger partial charge is 0.341 e. The van der Waals surface area contributed by atoms with Crippen LogP contribution in [0.1, 0.15) is 18.4 Å². The molecule has 0 aromatic heterocycles. The van der Waals surface area contributed by atoms with Gasteiger partial charge in [-0.15, -0.1) is 0 Å². The summed E-state index contributed by atoms with van der Waals surface area (Å²) in [5.41, 5.74) is 2.01. The summed E-state index contributed by atoms with van der Waals surface area (Å²) in [6.45, 7) is 5.85. The third-order valence-corrected chi connectivity index (χ3v) is 5.90. The van der Waals surface area contributed by atoms with Crippen molar-refractivity contribution in [3.63, 3.8) is 0 Å². The molecule has 1 N–H and O–H groups in total. The minimum Gasteiger partial charge on any atom is -0.341 e. The standard InChI is InChI=1S/C19H27N3O2S/c1-15-2-4-17(5-3-15)20-18(23)14-21-8-6-16(7-9-21)19(24)22-10-12-25-13-11-22/h2-5,16H,6-14H2,1H3,(H,20,23). The first kappa shape index (κ1) is 18.3. The number of hydrogen-bond donors (Lipinski definition) is 1. The molecule has 0 bridgehead atoms. The van der Waals surface area contributed by atoms with E-state index in [1.807, 2.05) is 47.9 Å². The Kier molecular flexibility index (Phi) is 6.37. The summed E-state index contributed by atoms with van der Waals surface area (Å²) in [5.74, 6) is 2.60. The molecule has 2 heterocycles. The second-order valence-electron chi connectivity index (χ2n) is 6.90. The van der Waals surface area contributed by atoms with Crippen LogP contribution < -0.4 is 5.32 Å². The quantitative estimate of drug-likeness (QED) is 0.893. The van der Waals surface area contributed by atoms with Crippen molar-refractivity contribution in [2.24, 2.45) is 5.92 Å². The van der Waals surface area contributed by atoms with Crippen molar-refractivity contribution in [3.8, 4) is 0 Å². The van der Waals surface area contributed by atoms with E-state index in [1.165, 1.54) is 5.56 Å². The summed E-state index contributed by atoms with van der Waals surface area (Å²) in [6.07, 6.45) is 1.72. The van der Waals surface area contributed by atoms with Crippen molar-refractivity contribution in [2.75, 3.05) is 49.5 Å². The first-order valence-corrected chi connectivity index (χ1v) is 10.2. The Morgan fingerprint density at radius 2 is 1.72 bits per heavy atom. The summed E-state index contributed by atoms with van der Waals surface area (Å²) in [6, 6.07) is 7.84.